The smallest absolute Gasteiger partial charge is 0.418 e. The van der Waals surface area contributed by atoms with Gasteiger partial charge < -0.3 is 19.1 Å². The lowest BCUT2D eigenvalue weighted by Crippen LogP contribution is -2.54. The highest BCUT2D eigenvalue weighted by atomic mass is 19.4. The Hall–Kier alpha value is -5.67. The highest BCUT2D eigenvalue weighted by Crippen LogP contribution is 2.37. The van der Waals surface area contributed by atoms with Gasteiger partial charge in [-0.3, -0.25) is 39.4 Å². The molecule has 3 aliphatic heterocycles. The Labute approximate surface area is 332 Å². The lowest BCUT2D eigenvalue weighted by atomic mass is 10.0. The number of nitrogens with one attached hydrogen (secondary N) is 1. The molecular weight excluding hydrogens is 752 g/mol. The number of halogens is 3. The maximum atomic E-state index is 14.3. The molecule has 4 amide bonds. The second kappa shape index (κ2) is 16.3. The van der Waals surface area contributed by atoms with E-state index in [1.54, 1.807) is 24.7 Å². The molecule has 6 heterocycles. The average Bonchev–Trinajstić information content (AvgIpc) is 3.64. The molecule has 15 heteroatoms. The van der Waals surface area contributed by atoms with Crippen LogP contribution in [0.25, 0.3) is 32.9 Å². The van der Waals surface area contributed by atoms with E-state index in [9.17, 15) is 32.3 Å². The standard InChI is InChI=1S/C43H44F3N7O5/c1-50-36-13-14-47-26-33(36)30-9-7-27(23-38(30)50)28-22-34(43(44,45)46)35(48-25-28)6-5-16-52-19-17-51(18-20-52)15-3-2-4-21-58-29-8-10-31-32(24-29)42(57)53(41(31)56)37-11-12-39(54)49-40(37)55/h7-10,13-14,22-26,37H,2-6,11-12,15-21H2,1H3,(H,49,54,55). The van der Waals surface area contributed by atoms with Crippen LogP contribution in [0.1, 0.15) is 70.5 Å². The largest absolute Gasteiger partial charge is 0.494 e. The monoisotopic (exact) mass is 795 g/mol. The number of unbranched alkanes of at least 4 members (excludes halogenated alkanes) is 2. The number of piperidine rings is 1. The van der Waals surface area contributed by atoms with Gasteiger partial charge in [0.1, 0.15) is 11.8 Å². The second-order valence-electron chi connectivity index (χ2n) is 15.3. The van der Waals surface area contributed by atoms with Crippen LogP contribution in [-0.4, -0.2) is 105 Å². The molecule has 0 aliphatic carbocycles. The van der Waals surface area contributed by atoms with E-state index in [4.69, 9.17) is 4.74 Å². The Balaban J connectivity index is 0.756. The van der Waals surface area contributed by atoms with Gasteiger partial charge in [0, 0.05) is 80.1 Å². The zero-order valence-corrected chi connectivity index (χ0v) is 32.2. The van der Waals surface area contributed by atoms with Gasteiger partial charge in [-0.25, -0.2) is 0 Å². The Morgan fingerprint density at radius 2 is 1.55 bits per heavy atom. The van der Waals surface area contributed by atoms with Crippen LogP contribution in [0.3, 0.4) is 0 Å². The van der Waals surface area contributed by atoms with Crippen LogP contribution >= 0.6 is 0 Å². The molecule has 12 nitrogen and oxygen atoms in total. The normalized spacial score (nSPS) is 18.1. The molecule has 58 heavy (non-hydrogen) atoms. The minimum Gasteiger partial charge on any atom is -0.494 e. The van der Waals surface area contributed by atoms with Crippen LogP contribution in [0.5, 0.6) is 5.75 Å². The van der Waals surface area contributed by atoms with Crippen molar-refractivity contribution in [2.45, 2.75) is 57.2 Å². The number of carbonyl (C=O) groups is 4. The summed E-state index contributed by atoms with van der Waals surface area (Å²) in [5, 5.41) is 4.19. The van der Waals surface area contributed by atoms with Crippen molar-refractivity contribution in [3.63, 3.8) is 0 Å². The second-order valence-corrected chi connectivity index (χ2v) is 15.3. The average molecular weight is 796 g/mol. The minimum absolute atomic E-state index is 0.0621. The van der Waals surface area contributed by atoms with Crippen LogP contribution in [0.4, 0.5) is 13.2 Å². The number of aryl methyl sites for hydroxylation is 2. The van der Waals surface area contributed by atoms with E-state index in [1.807, 2.05) is 35.9 Å². The van der Waals surface area contributed by atoms with Crippen molar-refractivity contribution in [2.75, 3.05) is 45.9 Å². The number of piperazine rings is 1. The van der Waals surface area contributed by atoms with Crippen LogP contribution < -0.4 is 10.1 Å². The summed E-state index contributed by atoms with van der Waals surface area (Å²) in [6, 6.07) is 12.6. The first-order chi connectivity index (χ1) is 28.0. The molecular formula is C43H44F3N7O5. The number of alkyl halides is 3. The zero-order valence-electron chi connectivity index (χ0n) is 32.2. The van der Waals surface area contributed by atoms with Gasteiger partial charge in [-0.1, -0.05) is 12.1 Å². The highest BCUT2D eigenvalue weighted by molar-refractivity contribution is 6.23. The quantitative estimate of drug-likeness (QED) is 0.113. The molecule has 3 aromatic heterocycles. The van der Waals surface area contributed by atoms with Gasteiger partial charge in [-0.15, -0.1) is 0 Å². The van der Waals surface area contributed by atoms with Gasteiger partial charge in [-0.05, 0) is 93.6 Å². The summed E-state index contributed by atoms with van der Waals surface area (Å²) in [5.41, 5.74) is 2.83. The molecule has 5 aromatic rings. The van der Waals surface area contributed by atoms with E-state index in [2.05, 4.69) is 25.1 Å². The summed E-state index contributed by atoms with van der Waals surface area (Å²) in [6.07, 6.45) is 4.28. The summed E-state index contributed by atoms with van der Waals surface area (Å²) < 4.78 is 50.9. The van der Waals surface area contributed by atoms with E-state index in [1.165, 1.54) is 18.2 Å². The fourth-order valence-electron chi connectivity index (χ4n) is 8.38. The van der Waals surface area contributed by atoms with Gasteiger partial charge >= 0.3 is 6.18 Å². The fraction of sp³-hybridized carbons (Fsp3) is 0.395. The van der Waals surface area contributed by atoms with E-state index in [0.717, 1.165) is 78.7 Å². The number of pyridine rings is 2. The SMILES string of the molecule is Cn1c2ccncc2c2ccc(-c3cnc(CCCN4CCN(CCCCCOc5ccc6c(c5)C(=O)N(C5CCC(=O)NC5=O)C6=O)CC4)c(C(F)(F)F)c3)cc21. The Bertz CT molecular complexity index is 2410. The number of rotatable bonds is 13. The van der Waals surface area contributed by atoms with Gasteiger partial charge in [0.15, 0.2) is 0 Å². The van der Waals surface area contributed by atoms with Gasteiger partial charge in [0.05, 0.1) is 34.5 Å². The number of aromatic nitrogens is 3. The molecule has 0 saturated carbocycles. The first-order valence-electron chi connectivity index (χ1n) is 19.8. The van der Waals surface area contributed by atoms with Crippen molar-refractivity contribution >= 4 is 45.4 Å². The van der Waals surface area contributed by atoms with Gasteiger partial charge in [0.25, 0.3) is 11.8 Å². The lowest BCUT2D eigenvalue weighted by Gasteiger charge is -2.34. The summed E-state index contributed by atoms with van der Waals surface area (Å²) in [6.45, 7) is 5.59. The molecule has 2 saturated heterocycles. The van der Waals surface area contributed by atoms with Crippen molar-refractivity contribution in [2.24, 2.45) is 7.05 Å². The molecule has 2 aromatic carbocycles. The number of nitrogens with zero attached hydrogens (tertiary/aromatic N) is 6. The van der Waals surface area contributed by atoms with Crippen LogP contribution in [0.2, 0.25) is 0 Å². The molecule has 302 valence electrons. The van der Waals surface area contributed by atoms with E-state index in [0.29, 0.717) is 36.4 Å². The molecule has 1 unspecified atom stereocenters. The molecule has 8 rings (SSSR count). The Morgan fingerprint density at radius 3 is 2.31 bits per heavy atom. The van der Waals surface area contributed by atoms with Crippen LogP contribution in [0, 0.1) is 0 Å². The first-order valence-corrected chi connectivity index (χ1v) is 19.8. The maximum absolute atomic E-state index is 14.3. The van der Waals surface area contributed by atoms with Crippen molar-refractivity contribution in [3.05, 3.63) is 89.5 Å². The van der Waals surface area contributed by atoms with Gasteiger partial charge in [0.2, 0.25) is 11.8 Å². The minimum atomic E-state index is -4.52. The molecule has 2 fully saturated rings. The van der Waals surface area contributed by atoms with Gasteiger partial charge in [-0.2, -0.15) is 13.2 Å². The summed E-state index contributed by atoms with van der Waals surface area (Å²) in [5.74, 6) is -1.71. The number of ether oxygens (including phenoxy) is 1. The predicted molar refractivity (Wildman–Crippen MR) is 210 cm³/mol. The van der Waals surface area contributed by atoms with Crippen molar-refractivity contribution in [1.82, 2.24) is 34.6 Å². The number of hydrogen-bond acceptors (Lipinski definition) is 9. The lowest BCUT2D eigenvalue weighted by molar-refractivity contribution is -0.138. The molecule has 3 aliphatic rings. The number of amides is 4. The Kier molecular flexibility index (Phi) is 11.0. The van der Waals surface area contributed by atoms with Crippen LogP contribution in [-0.2, 0) is 29.2 Å². The van der Waals surface area contributed by atoms with E-state index >= 15 is 0 Å². The molecule has 0 spiro atoms. The maximum Gasteiger partial charge on any atom is 0.418 e. The number of hydrogen-bond donors (Lipinski definition) is 1. The van der Waals surface area contributed by atoms with Crippen molar-refractivity contribution < 1.29 is 37.1 Å². The third-order valence-electron chi connectivity index (χ3n) is 11.6. The molecule has 1 N–H and O–H groups in total. The number of fused-ring (bicyclic) bond motifs is 4. The summed E-state index contributed by atoms with van der Waals surface area (Å²) in [7, 11) is 1.94. The number of imide groups is 2. The van der Waals surface area contributed by atoms with Crippen molar-refractivity contribution in [1.29, 1.82) is 0 Å². The summed E-state index contributed by atoms with van der Waals surface area (Å²) in [4.78, 5) is 64.1. The van der Waals surface area contributed by atoms with E-state index < -0.39 is 41.4 Å². The predicted octanol–water partition coefficient (Wildman–Crippen LogP) is 6.01. The third-order valence-corrected chi connectivity index (χ3v) is 11.6. The summed E-state index contributed by atoms with van der Waals surface area (Å²) >= 11 is 0. The van der Waals surface area contributed by atoms with Crippen molar-refractivity contribution in [3.8, 4) is 16.9 Å². The number of carbonyl (C=O) groups excluding carboxylic acids is 4. The topological polar surface area (TPSA) is 130 Å². The van der Waals surface area contributed by atoms with Crippen LogP contribution in [0.15, 0.2) is 67.1 Å². The first kappa shape index (κ1) is 39.2. The Morgan fingerprint density at radius 1 is 0.793 bits per heavy atom. The fourth-order valence-corrected chi connectivity index (χ4v) is 8.38. The zero-order chi connectivity index (χ0) is 40.6. The highest BCUT2D eigenvalue weighted by Gasteiger charge is 2.44. The molecule has 0 radical (unpaired) electrons. The third kappa shape index (κ3) is 7.92. The van der Waals surface area contributed by atoms with E-state index in [-0.39, 0.29) is 36.1 Å². The molecule has 1 atom stereocenters. The number of benzene rings is 2. The molecule has 0 bridgehead atoms.